The Morgan fingerprint density at radius 1 is 1.25 bits per heavy atom. The summed E-state index contributed by atoms with van der Waals surface area (Å²) in [4.78, 5) is 24.8. The van der Waals surface area contributed by atoms with Crippen molar-refractivity contribution in [3.8, 4) is 0 Å². The number of benzene rings is 1. The van der Waals surface area contributed by atoms with Crippen LogP contribution in [0.3, 0.4) is 0 Å². The fourth-order valence-corrected chi connectivity index (χ4v) is 2.83. The molecular formula is C15H15BrClF3N2O2. The molecule has 0 radical (unpaired) electrons. The summed E-state index contributed by atoms with van der Waals surface area (Å²) >= 11 is 8.70. The molecule has 1 heterocycles. The highest BCUT2D eigenvalue weighted by Crippen LogP contribution is 2.25. The number of amides is 1. The van der Waals surface area contributed by atoms with Gasteiger partial charge in [0.25, 0.3) is 0 Å². The van der Waals surface area contributed by atoms with E-state index in [1.807, 2.05) is 29.2 Å². The molecule has 1 aromatic rings. The molecule has 0 N–H and O–H groups in total. The van der Waals surface area contributed by atoms with E-state index in [0.29, 0.717) is 13.1 Å². The van der Waals surface area contributed by atoms with E-state index in [1.165, 1.54) is 0 Å². The van der Waals surface area contributed by atoms with E-state index >= 15 is 0 Å². The van der Waals surface area contributed by atoms with Crippen LogP contribution in [-0.4, -0.2) is 52.8 Å². The molecule has 0 bridgehead atoms. The summed E-state index contributed by atoms with van der Waals surface area (Å²) in [5, 5.41) is -0.502. The quantitative estimate of drug-likeness (QED) is 0.655. The molecule has 0 atom stereocenters. The van der Waals surface area contributed by atoms with Gasteiger partial charge in [-0.25, -0.2) is 0 Å². The fraction of sp³-hybridized carbons (Fsp3) is 0.467. The summed E-state index contributed by atoms with van der Waals surface area (Å²) < 4.78 is 38.2. The SMILES string of the molecule is O=C(Cl)CCN(Cc1ccc(Br)cc1)C1CN(C(=O)C(F)(F)F)C1. The van der Waals surface area contributed by atoms with Gasteiger partial charge in [-0.15, -0.1) is 0 Å². The third-order valence-corrected chi connectivity index (χ3v) is 4.52. The Morgan fingerprint density at radius 3 is 2.33 bits per heavy atom. The van der Waals surface area contributed by atoms with Gasteiger partial charge in [-0.2, -0.15) is 13.2 Å². The summed E-state index contributed by atoms with van der Waals surface area (Å²) in [6.45, 7) is 0.782. The number of carbonyl (C=O) groups excluding carboxylic acids is 2. The summed E-state index contributed by atoms with van der Waals surface area (Å²) in [5.74, 6) is -1.82. The topological polar surface area (TPSA) is 40.6 Å². The lowest BCUT2D eigenvalue weighted by atomic mass is 10.0. The molecule has 9 heteroatoms. The Hall–Kier alpha value is -1.12. The lowest BCUT2D eigenvalue weighted by molar-refractivity contribution is -0.192. The zero-order valence-electron chi connectivity index (χ0n) is 12.5. The highest BCUT2D eigenvalue weighted by atomic mass is 79.9. The molecular weight excluding hydrogens is 413 g/mol. The first-order valence-electron chi connectivity index (χ1n) is 7.19. The second kappa shape index (κ2) is 7.84. The van der Waals surface area contributed by atoms with Crippen LogP contribution in [0.1, 0.15) is 12.0 Å². The molecule has 1 aliphatic heterocycles. The van der Waals surface area contributed by atoms with Crippen molar-refractivity contribution in [3.05, 3.63) is 34.3 Å². The standard InChI is InChI=1S/C15H15BrClF3N2O2/c16-11-3-1-10(2-4-11)7-21(6-5-13(17)23)12-8-22(9-12)14(24)15(18,19)20/h1-4,12H,5-9H2. The molecule has 0 spiro atoms. The van der Waals surface area contributed by atoms with Crippen LogP contribution in [0, 0.1) is 0 Å². The van der Waals surface area contributed by atoms with E-state index in [1.54, 1.807) is 0 Å². The van der Waals surface area contributed by atoms with Crippen LogP contribution < -0.4 is 0 Å². The summed E-state index contributed by atoms with van der Waals surface area (Å²) in [7, 11) is 0. The first-order valence-corrected chi connectivity index (χ1v) is 8.37. The molecule has 1 aliphatic rings. The second-order valence-electron chi connectivity index (χ2n) is 5.56. The highest BCUT2D eigenvalue weighted by molar-refractivity contribution is 9.10. The molecule has 1 aromatic carbocycles. The van der Waals surface area contributed by atoms with Crippen molar-refractivity contribution in [2.45, 2.75) is 25.2 Å². The number of halogens is 5. The van der Waals surface area contributed by atoms with Gasteiger partial charge in [0.15, 0.2) is 0 Å². The van der Waals surface area contributed by atoms with Gasteiger partial charge in [-0.05, 0) is 29.3 Å². The van der Waals surface area contributed by atoms with Gasteiger partial charge in [-0.1, -0.05) is 28.1 Å². The van der Waals surface area contributed by atoms with Gasteiger partial charge < -0.3 is 4.90 Å². The fourth-order valence-electron chi connectivity index (χ4n) is 2.48. The third-order valence-electron chi connectivity index (χ3n) is 3.80. The minimum atomic E-state index is -4.85. The molecule has 2 rings (SSSR count). The van der Waals surface area contributed by atoms with Crippen LogP contribution in [-0.2, 0) is 16.1 Å². The van der Waals surface area contributed by atoms with Crippen LogP contribution in [0.5, 0.6) is 0 Å². The molecule has 4 nitrogen and oxygen atoms in total. The Labute approximate surface area is 150 Å². The average Bonchev–Trinajstić information content (AvgIpc) is 2.44. The van der Waals surface area contributed by atoms with E-state index in [2.05, 4.69) is 15.9 Å². The second-order valence-corrected chi connectivity index (χ2v) is 6.90. The zero-order valence-corrected chi connectivity index (χ0v) is 14.9. The van der Waals surface area contributed by atoms with Gasteiger partial charge in [0, 0.05) is 43.1 Å². The van der Waals surface area contributed by atoms with Gasteiger partial charge in [0.2, 0.25) is 5.24 Å². The molecule has 24 heavy (non-hydrogen) atoms. The zero-order chi connectivity index (χ0) is 17.9. The molecule has 1 fully saturated rings. The van der Waals surface area contributed by atoms with Crippen molar-refractivity contribution in [1.29, 1.82) is 0 Å². The van der Waals surface area contributed by atoms with E-state index < -0.39 is 17.3 Å². The van der Waals surface area contributed by atoms with Crippen molar-refractivity contribution < 1.29 is 22.8 Å². The lowest BCUT2D eigenvalue weighted by Crippen LogP contribution is -2.63. The van der Waals surface area contributed by atoms with Crippen LogP contribution in [0.15, 0.2) is 28.7 Å². The largest absolute Gasteiger partial charge is 0.471 e. The molecule has 0 unspecified atom stereocenters. The maximum atomic E-state index is 12.4. The number of hydrogen-bond acceptors (Lipinski definition) is 3. The number of alkyl halides is 3. The van der Waals surface area contributed by atoms with Gasteiger partial charge in [0.05, 0.1) is 0 Å². The molecule has 0 aromatic heterocycles. The maximum Gasteiger partial charge on any atom is 0.471 e. The number of rotatable bonds is 6. The summed E-state index contributed by atoms with van der Waals surface area (Å²) in [5.41, 5.74) is 0.959. The van der Waals surface area contributed by atoms with Crippen molar-refractivity contribution in [1.82, 2.24) is 9.80 Å². The predicted molar refractivity (Wildman–Crippen MR) is 86.5 cm³/mol. The maximum absolute atomic E-state index is 12.4. The van der Waals surface area contributed by atoms with Crippen molar-refractivity contribution in [2.24, 2.45) is 0 Å². The number of nitrogens with zero attached hydrogens (tertiary/aromatic N) is 2. The third kappa shape index (κ3) is 5.19. The van der Waals surface area contributed by atoms with Gasteiger partial charge >= 0.3 is 12.1 Å². The van der Waals surface area contributed by atoms with Crippen molar-refractivity contribution in [2.75, 3.05) is 19.6 Å². The predicted octanol–water partition coefficient (Wildman–Crippen LogP) is 3.18. The molecule has 132 valence electrons. The summed E-state index contributed by atoms with van der Waals surface area (Å²) in [6.07, 6.45) is -4.75. The van der Waals surface area contributed by atoms with Crippen molar-refractivity contribution in [3.63, 3.8) is 0 Å². The Kier molecular flexibility index (Phi) is 6.28. The molecule has 1 saturated heterocycles. The first-order chi connectivity index (χ1) is 11.2. The number of likely N-dealkylation sites (tertiary alicyclic amines) is 1. The minimum Gasteiger partial charge on any atom is -0.332 e. The highest BCUT2D eigenvalue weighted by Gasteiger charge is 2.47. The average molecular weight is 428 g/mol. The Morgan fingerprint density at radius 2 is 1.83 bits per heavy atom. The van der Waals surface area contributed by atoms with E-state index in [0.717, 1.165) is 14.9 Å². The number of carbonyl (C=O) groups is 2. The van der Waals surface area contributed by atoms with E-state index in [9.17, 15) is 22.8 Å². The van der Waals surface area contributed by atoms with Gasteiger partial charge in [0.1, 0.15) is 0 Å². The lowest BCUT2D eigenvalue weighted by Gasteiger charge is -2.45. The first kappa shape index (κ1) is 19.2. The molecule has 0 saturated carbocycles. The van der Waals surface area contributed by atoms with E-state index in [-0.39, 0.29) is 25.6 Å². The Bertz CT molecular complexity index is 604. The summed E-state index contributed by atoms with van der Waals surface area (Å²) in [6, 6.07) is 7.27. The van der Waals surface area contributed by atoms with Crippen LogP contribution in [0.25, 0.3) is 0 Å². The Balaban J connectivity index is 1.98. The van der Waals surface area contributed by atoms with Crippen LogP contribution in [0.2, 0.25) is 0 Å². The van der Waals surface area contributed by atoms with Crippen LogP contribution >= 0.6 is 27.5 Å². The minimum absolute atomic E-state index is 0.00858. The monoisotopic (exact) mass is 426 g/mol. The molecule has 0 aliphatic carbocycles. The van der Waals surface area contributed by atoms with Crippen molar-refractivity contribution >= 4 is 38.7 Å². The van der Waals surface area contributed by atoms with Gasteiger partial charge in [-0.3, -0.25) is 14.5 Å². The normalized spacial score (nSPS) is 15.5. The molecule has 1 amide bonds. The van der Waals surface area contributed by atoms with Crippen LogP contribution in [0.4, 0.5) is 13.2 Å². The number of hydrogen-bond donors (Lipinski definition) is 0. The smallest absolute Gasteiger partial charge is 0.332 e. The van der Waals surface area contributed by atoms with E-state index in [4.69, 9.17) is 11.6 Å².